The summed E-state index contributed by atoms with van der Waals surface area (Å²) in [6.07, 6.45) is 0.750. The largest absolute Gasteiger partial charge is 0.456 e. The van der Waals surface area contributed by atoms with E-state index >= 15 is 0 Å². The Balaban J connectivity index is 1.20. The Kier molecular flexibility index (Phi) is 4.91. The Morgan fingerprint density at radius 1 is 1.17 bits per heavy atom. The Hall–Kier alpha value is -2.90. The highest BCUT2D eigenvalue weighted by molar-refractivity contribution is 7.13. The fourth-order valence-corrected chi connectivity index (χ4v) is 4.41. The number of nitrogens with zero attached hydrogens (tertiary/aromatic N) is 2. The maximum atomic E-state index is 12.6. The molecule has 5 rings (SSSR count). The summed E-state index contributed by atoms with van der Waals surface area (Å²) in [6, 6.07) is 16.0. The van der Waals surface area contributed by atoms with Gasteiger partial charge in [-0.15, -0.1) is 11.3 Å². The molecule has 0 amide bonds. The number of carbonyl (C=O) groups excluding carboxylic acids is 1. The lowest BCUT2D eigenvalue weighted by Gasteiger charge is -2.16. The van der Waals surface area contributed by atoms with Gasteiger partial charge in [-0.05, 0) is 30.2 Å². The van der Waals surface area contributed by atoms with Gasteiger partial charge in [-0.25, -0.2) is 9.78 Å². The fourth-order valence-electron chi connectivity index (χ4n) is 3.62. The Labute approximate surface area is 172 Å². The third-order valence-corrected chi connectivity index (χ3v) is 5.98. The molecule has 2 aromatic carbocycles. The number of benzene rings is 2. The van der Waals surface area contributed by atoms with E-state index in [2.05, 4.69) is 22.0 Å². The predicted octanol–water partition coefficient (Wildman–Crippen LogP) is 3.97. The molecule has 0 radical (unpaired) electrons. The van der Waals surface area contributed by atoms with E-state index in [0.717, 1.165) is 42.4 Å². The molecule has 0 spiro atoms. The normalized spacial score (nSPS) is 18.1. The van der Waals surface area contributed by atoms with Crippen molar-refractivity contribution in [3.05, 3.63) is 65.2 Å². The first-order valence-electron chi connectivity index (χ1n) is 9.57. The molecule has 0 aliphatic carbocycles. The van der Waals surface area contributed by atoms with Crippen molar-refractivity contribution in [3.8, 4) is 22.1 Å². The Bertz CT molecular complexity index is 1020. The zero-order chi connectivity index (χ0) is 19.6. The van der Waals surface area contributed by atoms with Gasteiger partial charge in [0.15, 0.2) is 17.2 Å². The second-order valence-corrected chi connectivity index (χ2v) is 8.00. The van der Waals surface area contributed by atoms with Gasteiger partial charge in [0.25, 0.3) is 0 Å². The summed E-state index contributed by atoms with van der Waals surface area (Å²) >= 11 is 1.42. The van der Waals surface area contributed by atoms with Crippen molar-refractivity contribution in [3.63, 3.8) is 0 Å². The lowest BCUT2D eigenvalue weighted by atomic mass is 10.2. The van der Waals surface area contributed by atoms with E-state index < -0.39 is 0 Å². The van der Waals surface area contributed by atoms with Crippen LogP contribution in [0.2, 0.25) is 0 Å². The Morgan fingerprint density at radius 2 is 2.03 bits per heavy atom. The number of aromatic nitrogens is 1. The molecule has 0 N–H and O–H groups in total. The van der Waals surface area contributed by atoms with E-state index in [0.29, 0.717) is 11.4 Å². The van der Waals surface area contributed by atoms with Crippen LogP contribution in [0.25, 0.3) is 10.6 Å². The molecule has 1 saturated heterocycles. The maximum absolute atomic E-state index is 12.6. The third kappa shape index (κ3) is 3.97. The van der Waals surface area contributed by atoms with Crippen molar-refractivity contribution >= 4 is 17.3 Å². The molecule has 0 saturated carbocycles. The summed E-state index contributed by atoms with van der Waals surface area (Å²) in [5.41, 5.74) is 2.52. The van der Waals surface area contributed by atoms with Gasteiger partial charge in [0, 0.05) is 30.6 Å². The van der Waals surface area contributed by atoms with E-state index in [1.807, 2.05) is 36.4 Å². The minimum atomic E-state index is -0.361. The first-order chi connectivity index (χ1) is 14.2. The van der Waals surface area contributed by atoms with Gasteiger partial charge in [-0.3, -0.25) is 4.90 Å². The highest BCUT2D eigenvalue weighted by atomic mass is 32.1. The summed E-state index contributed by atoms with van der Waals surface area (Å²) < 4.78 is 16.5. The van der Waals surface area contributed by atoms with E-state index in [1.54, 1.807) is 5.38 Å². The first kappa shape index (κ1) is 18.1. The molecule has 6 nitrogen and oxygen atoms in total. The minimum absolute atomic E-state index is 0.0955. The number of hydrogen-bond donors (Lipinski definition) is 0. The summed E-state index contributed by atoms with van der Waals surface area (Å²) in [4.78, 5) is 19.3. The molecule has 7 heteroatoms. The van der Waals surface area contributed by atoms with Gasteiger partial charge >= 0.3 is 5.97 Å². The van der Waals surface area contributed by atoms with Crippen LogP contribution in [0.3, 0.4) is 0 Å². The minimum Gasteiger partial charge on any atom is -0.456 e. The number of thiazole rings is 1. The fraction of sp³-hybridized carbons (Fsp3) is 0.273. The van der Waals surface area contributed by atoms with Crippen molar-refractivity contribution in [1.82, 2.24) is 9.88 Å². The molecular formula is C22H20N2O4S. The van der Waals surface area contributed by atoms with Gasteiger partial charge in [-0.1, -0.05) is 30.3 Å². The van der Waals surface area contributed by atoms with Gasteiger partial charge in [0.05, 0.1) is 0 Å². The van der Waals surface area contributed by atoms with Crippen LogP contribution in [0.5, 0.6) is 11.5 Å². The summed E-state index contributed by atoms with van der Waals surface area (Å²) in [5, 5.41) is 2.51. The van der Waals surface area contributed by atoms with Crippen LogP contribution in [0.15, 0.2) is 53.9 Å². The van der Waals surface area contributed by atoms with Crippen molar-refractivity contribution in [2.24, 2.45) is 0 Å². The second kappa shape index (κ2) is 7.85. The molecule has 2 aliphatic heterocycles. The van der Waals surface area contributed by atoms with Crippen molar-refractivity contribution in [1.29, 1.82) is 0 Å². The zero-order valence-corrected chi connectivity index (χ0v) is 16.6. The molecule has 29 heavy (non-hydrogen) atoms. The molecular weight excluding hydrogens is 388 g/mol. The Morgan fingerprint density at radius 3 is 2.93 bits per heavy atom. The lowest BCUT2D eigenvalue weighted by Crippen LogP contribution is -2.24. The van der Waals surface area contributed by atoms with E-state index in [1.165, 1.54) is 16.9 Å². The number of ether oxygens (including phenoxy) is 3. The summed E-state index contributed by atoms with van der Waals surface area (Å²) in [7, 11) is 0. The smallest absolute Gasteiger partial charge is 0.358 e. The monoisotopic (exact) mass is 408 g/mol. The predicted molar refractivity (Wildman–Crippen MR) is 109 cm³/mol. The van der Waals surface area contributed by atoms with Crippen molar-refractivity contribution in [2.45, 2.75) is 19.1 Å². The molecule has 0 bridgehead atoms. The number of carbonyl (C=O) groups is 1. The SMILES string of the molecule is O=C(O[C@@H]1CCN(Cc2ccccc2)C1)c1csc(-c2ccc3c(c2)OCO3)n1. The number of rotatable bonds is 5. The van der Waals surface area contributed by atoms with E-state index in [9.17, 15) is 4.79 Å². The van der Waals surface area contributed by atoms with Crippen molar-refractivity contribution in [2.75, 3.05) is 19.9 Å². The highest BCUT2D eigenvalue weighted by Gasteiger charge is 2.27. The average Bonchev–Trinajstić information content (AvgIpc) is 3.49. The molecule has 2 aliphatic rings. The lowest BCUT2D eigenvalue weighted by molar-refractivity contribution is 0.0314. The van der Waals surface area contributed by atoms with Gasteiger partial charge in [-0.2, -0.15) is 0 Å². The van der Waals surface area contributed by atoms with E-state index in [4.69, 9.17) is 14.2 Å². The second-order valence-electron chi connectivity index (χ2n) is 7.14. The molecule has 1 fully saturated rings. The molecule has 3 heterocycles. The van der Waals surface area contributed by atoms with Crippen LogP contribution in [0.1, 0.15) is 22.5 Å². The zero-order valence-electron chi connectivity index (χ0n) is 15.7. The van der Waals surface area contributed by atoms with Crippen LogP contribution in [0.4, 0.5) is 0 Å². The quantitative estimate of drug-likeness (QED) is 0.596. The van der Waals surface area contributed by atoms with Crippen LogP contribution in [0, 0.1) is 0 Å². The molecule has 1 atom stereocenters. The first-order valence-corrected chi connectivity index (χ1v) is 10.5. The maximum Gasteiger partial charge on any atom is 0.358 e. The van der Waals surface area contributed by atoms with Crippen molar-refractivity contribution < 1.29 is 19.0 Å². The van der Waals surface area contributed by atoms with Gasteiger partial charge < -0.3 is 14.2 Å². The van der Waals surface area contributed by atoms with E-state index in [-0.39, 0.29) is 18.9 Å². The van der Waals surface area contributed by atoms with Gasteiger partial charge in [0.1, 0.15) is 11.1 Å². The van der Waals surface area contributed by atoms with Crippen LogP contribution >= 0.6 is 11.3 Å². The standard InChI is InChI=1S/C22H20N2O4S/c25-22(28-17-8-9-24(12-17)11-15-4-2-1-3-5-15)18-13-29-21(23-18)16-6-7-19-20(10-16)27-14-26-19/h1-7,10,13,17H,8-9,11-12,14H2/t17-/m1/s1. The number of esters is 1. The summed E-state index contributed by atoms with van der Waals surface area (Å²) in [5.74, 6) is 1.07. The number of likely N-dealkylation sites (tertiary alicyclic amines) is 1. The molecule has 3 aromatic rings. The topological polar surface area (TPSA) is 60.9 Å². The third-order valence-electron chi connectivity index (χ3n) is 5.08. The molecule has 148 valence electrons. The number of hydrogen-bond acceptors (Lipinski definition) is 7. The number of fused-ring (bicyclic) bond motifs is 1. The highest BCUT2D eigenvalue weighted by Crippen LogP contribution is 2.36. The molecule has 1 aromatic heterocycles. The average molecular weight is 408 g/mol. The van der Waals surface area contributed by atoms with Crippen LogP contribution in [-0.4, -0.2) is 41.8 Å². The molecule has 0 unspecified atom stereocenters. The van der Waals surface area contributed by atoms with Gasteiger partial charge in [0.2, 0.25) is 6.79 Å². The van der Waals surface area contributed by atoms with Crippen LogP contribution < -0.4 is 9.47 Å². The summed E-state index contributed by atoms with van der Waals surface area (Å²) in [6.45, 7) is 2.78. The van der Waals surface area contributed by atoms with Crippen LogP contribution in [-0.2, 0) is 11.3 Å².